The summed E-state index contributed by atoms with van der Waals surface area (Å²) in [6.45, 7) is -0.127. The Hall–Kier alpha value is -3.63. The molecule has 0 saturated heterocycles. The number of pyridine rings is 1. The van der Waals surface area contributed by atoms with Crippen molar-refractivity contribution in [1.29, 1.82) is 0 Å². The van der Waals surface area contributed by atoms with Gasteiger partial charge in [0.25, 0.3) is 5.91 Å². The van der Waals surface area contributed by atoms with Gasteiger partial charge in [-0.25, -0.2) is 22.3 Å². The molecule has 1 atom stereocenters. The van der Waals surface area contributed by atoms with Crippen LogP contribution < -0.4 is 4.72 Å². The van der Waals surface area contributed by atoms with Crippen molar-refractivity contribution in [2.45, 2.75) is 12.7 Å². The van der Waals surface area contributed by atoms with E-state index in [4.69, 9.17) is 4.74 Å². The molecule has 0 aliphatic heterocycles. The fourth-order valence-corrected chi connectivity index (χ4v) is 3.76. The predicted octanol–water partition coefficient (Wildman–Crippen LogP) is 2.37. The number of amides is 1. The number of sulfonamides is 1. The van der Waals surface area contributed by atoms with Crippen LogP contribution in [0.15, 0.2) is 72.9 Å². The van der Waals surface area contributed by atoms with Crippen LogP contribution in [0.2, 0.25) is 0 Å². The summed E-state index contributed by atoms with van der Waals surface area (Å²) >= 11 is 0. The van der Waals surface area contributed by atoms with Crippen LogP contribution in [0.3, 0.4) is 0 Å². The predicted molar refractivity (Wildman–Crippen MR) is 112 cm³/mol. The van der Waals surface area contributed by atoms with Crippen LogP contribution in [0.25, 0.3) is 0 Å². The lowest BCUT2D eigenvalue weighted by Crippen LogP contribution is -2.34. The van der Waals surface area contributed by atoms with E-state index in [-0.39, 0.29) is 17.7 Å². The Morgan fingerprint density at radius 1 is 1.00 bits per heavy atom. The summed E-state index contributed by atoms with van der Waals surface area (Å²) in [4.78, 5) is 28.2. The molecule has 0 bridgehead atoms. The second-order valence-corrected chi connectivity index (χ2v) is 8.53. The highest BCUT2D eigenvalue weighted by Crippen LogP contribution is 2.15. The highest BCUT2D eigenvalue weighted by molar-refractivity contribution is 7.90. The van der Waals surface area contributed by atoms with Crippen molar-refractivity contribution in [3.8, 4) is 0 Å². The lowest BCUT2D eigenvalue weighted by atomic mass is 10.1. The van der Waals surface area contributed by atoms with Gasteiger partial charge >= 0.3 is 5.97 Å². The largest absolute Gasteiger partial charge is 0.456 e. The zero-order chi connectivity index (χ0) is 23.1. The quantitative estimate of drug-likeness (QED) is 0.497. The van der Waals surface area contributed by atoms with Gasteiger partial charge in [0.05, 0.1) is 28.7 Å². The molecule has 0 aliphatic carbocycles. The molecule has 2 N–H and O–H groups in total. The summed E-state index contributed by atoms with van der Waals surface area (Å²) in [5.41, 5.74) is 0.903. The van der Waals surface area contributed by atoms with Crippen molar-refractivity contribution in [2.75, 3.05) is 5.75 Å². The van der Waals surface area contributed by atoms with Crippen LogP contribution in [0.5, 0.6) is 0 Å². The van der Waals surface area contributed by atoms with Crippen LogP contribution >= 0.6 is 0 Å². The number of hydrogen-bond acceptors (Lipinski definition) is 7. The minimum absolute atomic E-state index is 0.0389. The molecule has 0 fully saturated rings. The topological polar surface area (TPSA) is 123 Å². The summed E-state index contributed by atoms with van der Waals surface area (Å²) in [7, 11) is -4.19. The van der Waals surface area contributed by atoms with Gasteiger partial charge in [0.2, 0.25) is 10.0 Å². The van der Waals surface area contributed by atoms with Crippen molar-refractivity contribution in [3.05, 3.63) is 101 Å². The maximum absolute atomic E-state index is 13.0. The second-order valence-electron chi connectivity index (χ2n) is 6.76. The molecule has 1 aromatic heterocycles. The third-order valence-corrected chi connectivity index (χ3v) is 5.58. The van der Waals surface area contributed by atoms with E-state index < -0.39 is 39.6 Å². The highest BCUT2D eigenvalue weighted by atomic mass is 32.2. The monoisotopic (exact) mass is 458 g/mol. The van der Waals surface area contributed by atoms with Gasteiger partial charge in [-0.3, -0.25) is 9.78 Å². The molecule has 0 spiro atoms. The number of esters is 1. The van der Waals surface area contributed by atoms with E-state index in [0.29, 0.717) is 11.3 Å². The number of ether oxygens (including phenoxy) is 1. The molecular weight excluding hydrogens is 439 g/mol. The molecule has 3 rings (SSSR count). The highest BCUT2D eigenvalue weighted by Gasteiger charge is 2.22. The van der Waals surface area contributed by atoms with Crippen molar-refractivity contribution in [2.24, 2.45) is 0 Å². The number of halogens is 1. The summed E-state index contributed by atoms with van der Waals surface area (Å²) in [5.74, 6) is -2.77. The molecule has 1 amide bonds. The molecule has 32 heavy (non-hydrogen) atoms. The van der Waals surface area contributed by atoms with Crippen molar-refractivity contribution in [3.63, 3.8) is 0 Å². The average molecular weight is 458 g/mol. The Bertz CT molecular complexity index is 1180. The number of hydrogen-bond donors (Lipinski definition) is 2. The zero-order valence-electron chi connectivity index (χ0n) is 16.6. The molecule has 1 heterocycles. The Morgan fingerprint density at radius 3 is 2.31 bits per heavy atom. The first-order chi connectivity index (χ1) is 15.2. The van der Waals surface area contributed by atoms with E-state index in [1.54, 1.807) is 30.3 Å². The summed E-state index contributed by atoms with van der Waals surface area (Å²) < 4.78 is 44.3. The van der Waals surface area contributed by atoms with Gasteiger partial charge in [-0.05, 0) is 42.0 Å². The number of aliphatic hydroxyl groups excluding tert-OH is 1. The van der Waals surface area contributed by atoms with Crippen LogP contribution in [-0.2, 0) is 21.4 Å². The minimum Gasteiger partial charge on any atom is -0.456 e. The molecule has 0 radical (unpaired) electrons. The van der Waals surface area contributed by atoms with Crippen LogP contribution in [0, 0.1) is 5.82 Å². The second kappa shape index (κ2) is 10.1. The Morgan fingerprint density at radius 2 is 1.69 bits per heavy atom. The summed E-state index contributed by atoms with van der Waals surface area (Å²) in [6, 6.07) is 15.8. The van der Waals surface area contributed by atoms with E-state index in [1.807, 2.05) is 4.72 Å². The molecule has 0 saturated carbocycles. The maximum Gasteiger partial charge on any atom is 0.338 e. The summed E-state index contributed by atoms with van der Waals surface area (Å²) in [6.07, 6.45) is -0.298. The standard InChI is InChI=1S/C22H19FN2O6S/c23-18-9-6-15(7-10-18)20(26)14-32(29,30)25-21(27)17-8-11-19(24-12-17)13-31-22(28)16-4-2-1-3-5-16/h1-12,20,26H,13-14H2,(H,25,27). The van der Waals surface area contributed by atoms with E-state index in [9.17, 15) is 27.5 Å². The molecule has 3 aromatic rings. The van der Waals surface area contributed by atoms with Crippen LogP contribution in [-0.4, -0.2) is 36.1 Å². The number of nitrogens with one attached hydrogen (secondary N) is 1. The van der Waals surface area contributed by atoms with Gasteiger partial charge in [-0.2, -0.15) is 0 Å². The molecular formula is C22H19FN2O6S. The zero-order valence-corrected chi connectivity index (χ0v) is 17.5. The molecule has 1 unspecified atom stereocenters. The van der Waals surface area contributed by atoms with Crippen molar-refractivity contribution in [1.82, 2.24) is 9.71 Å². The van der Waals surface area contributed by atoms with E-state index in [2.05, 4.69) is 4.98 Å². The third kappa shape index (κ3) is 6.43. The number of aliphatic hydroxyl groups is 1. The Balaban J connectivity index is 1.55. The smallest absolute Gasteiger partial charge is 0.338 e. The maximum atomic E-state index is 13.0. The summed E-state index contributed by atoms with van der Waals surface area (Å²) in [5, 5.41) is 10.0. The number of nitrogens with zero attached hydrogens (tertiary/aromatic N) is 1. The van der Waals surface area contributed by atoms with Gasteiger partial charge in [0.1, 0.15) is 12.4 Å². The van der Waals surface area contributed by atoms with Crippen molar-refractivity contribution < 1.29 is 32.2 Å². The first-order valence-corrected chi connectivity index (χ1v) is 11.0. The SMILES string of the molecule is O=C(NS(=O)(=O)CC(O)c1ccc(F)cc1)c1ccc(COC(=O)c2ccccc2)nc1. The van der Waals surface area contributed by atoms with Crippen LogP contribution in [0.1, 0.15) is 38.1 Å². The molecule has 10 heteroatoms. The Labute approximate surface area is 183 Å². The molecule has 2 aromatic carbocycles. The molecule has 0 aliphatic rings. The normalized spacial score (nSPS) is 12.1. The van der Waals surface area contributed by atoms with Gasteiger partial charge in [0.15, 0.2) is 0 Å². The number of benzene rings is 2. The third-order valence-electron chi connectivity index (χ3n) is 4.33. The van der Waals surface area contributed by atoms with Crippen LogP contribution in [0.4, 0.5) is 4.39 Å². The minimum atomic E-state index is -4.19. The van der Waals surface area contributed by atoms with Gasteiger partial charge in [0, 0.05) is 6.20 Å². The van der Waals surface area contributed by atoms with Gasteiger partial charge < -0.3 is 9.84 Å². The van der Waals surface area contributed by atoms with E-state index in [1.165, 1.54) is 24.3 Å². The number of aromatic nitrogens is 1. The fraction of sp³-hybridized carbons (Fsp3) is 0.136. The number of rotatable bonds is 8. The number of carbonyl (C=O) groups excluding carboxylic acids is 2. The van der Waals surface area contributed by atoms with E-state index >= 15 is 0 Å². The Kier molecular flexibility index (Phi) is 7.29. The lowest BCUT2D eigenvalue weighted by Gasteiger charge is -2.12. The molecule has 8 nitrogen and oxygen atoms in total. The van der Waals surface area contributed by atoms with E-state index in [0.717, 1.165) is 18.3 Å². The fourth-order valence-electron chi connectivity index (χ4n) is 2.67. The van der Waals surface area contributed by atoms with Gasteiger partial charge in [-0.1, -0.05) is 30.3 Å². The lowest BCUT2D eigenvalue weighted by molar-refractivity contribution is 0.0467. The molecule has 166 valence electrons. The van der Waals surface area contributed by atoms with Gasteiger partial charge in [-0.15, -0.1) is 0 Å². The van der Waals surface area contributed by atoms with Crippen molar-refractivity contribution >= 4 is 21.9 Å². The first kappa shape index (κ1) is 23.0. The first-order valence-electron chi connectivity index (χ1n) is 9.39. The average Bonchev–Trinajstić information content (AvgIpc) is 2.78. The number of carbonyl (C=O) groups is 2.